The van der Waals surface area contributed by atoms with Crippen LogP contribution in [0.2, 0.25) is 5.02 Å². The lowest BCUT2D eigenvalue weighted by Crippen LogP contribution is -2.15. The molecule has 2 aromatic carbocycles. The maximum Gasteiger partial charge on any atom is 0.259 e. The number of fused-ring (bicyclic) bond motifs is 1. The third kappa shape index (κ3) is 3.31. The van der Waals surface area contributed by atoms with Gasteiger partial charge in [-0.25, -0.2) is 4.39 Å². The molecule has 2 heterocycles. The molecule has 150 valence electrons. The topological polar surface area (TPSA) is 76.6 Å². The molecule has 0 fully saturated rings. The zero-order chi connectivity index (χ0) is 21.4. The standard InChI is InChI=1S/C23H17ClFN3O2/c1-13-16(24)5-4-6-17(13)27-23(30)19-18-7-2-3-12-28(18)21(20(19)26)22(29)14-8-10-15(25)11-9-14/h2-12H,26H2,1H3,(H,27,30). The van der Waals surface area contributed by atoms with Crippen LogP contribution in [-0.4, -0.2) is 16.1 Å². The average molecular weight is 422 g/mol. The molecule has 0 saturated heterocycles. The van der Waals surface area contributed by atoms with Gasteiger partial charge in [-0.05, 0) is 61.0 Å². The molecule has 0 unspecified atom stereocenters. The van der Waals surface area contributed by atoms with Gasteiger partial charge in [-0.2, -0.15) is 0 Å². The molecular formula is C23H17ClFN3O2. The van der Waals surface area contributed by atoms with E-state index in [-0.39, 0.29) is 22.5 Å². The third-order valence-corrected chi connectivity index (χ3v) is 5.36. The van der Waals surface area contributed by atoms with Gasteiger partial charge in [0.15, 0.2) is 0 Å². The van der Waals surface area contributed by atoms with Gasteiger partial charge in [0.2, 0.25) is 5.78 Å². The van der Waals surface area contributed by atoms with Gasteiger partial charge in [-0.15, -0.1) is 0 Å². The first kappa shape index (κ1) is 19.7. The Bertz CT molecular complexity index is 1300. The number of aromatic nitrogens is 1. The highest BCUT2D eigenvalue weighted by Crippen LogP contribution is 2.30. The van der Waals surface area contributed by atoms with Gasteiger partial charge < -0.3 is 15.5 Å². The molecule has 0 radical (unpaired) electrons. The minimum atomic E-state index is -0.459. The second kappa shape index (κ2) is 7.65. The van der Waals surface area contributed by atoms with Crippen LogP contribution < -0.4 is 11.1 Å². The normalized spacial score (nSPS) is 10.9. The largest absolute Gasteiger partial charge is 0.396 e. The summed E-state index contributed by atoms with van der Waals surface area (Å²) in [5.41, 5.74) is 8.70. The molecule has 30 heavy (non-hydrogen) atoms. The van der Waals surface area contributed by atoms with Crippen molar-refractivity contribution in [2.45, 2.75) is 6.92 Å². The summed E-state index contributed by atoms with van der Waals surface area (Å²) in [5.74, 6) is -1.32. The number of anilines is 2. The van der Waals surface area contributed by atoms with E-state index in [9.17, 15) is 14.0 Å². The highest BCUT2D eigenvalue weighted by atomic mass is 35.5. The van der Waals surface area contributed by atoms with Crippen molar-refractivity contribution in [1.29, 1.82) is 0 Å². The number of nitrogens with two attached hydrogens (primary N) is 1. The van der Waals surface area contributed by atoms with Gasteiger partial charge in [-0.1, -0.05) is 23.7 Å². The molecule has 0 bridgehead atoms. The molecule has 7 heteroatoms. The quantitative estimate of drug-likeness (QED) is 0.450. The van der Waals surface area contributed by atoms with Gasteiger partial charge in [0, 0.05) is 22.5 Å². The third-order valence-electron chi connectivity index (χ3n) is 4.95. The van der Waals surface area contributed by atoms with Crippen molar-refractivity contribution in [2.75, 3.05) is 11.1 Å². The summed E-state index contributed by atoms with van der Waals surface area (Å²) in [4.78, 5) is 26.2. The lowest BCUT2D eigenvalue weighted by atomic mass is 10.1. The molecular weight excluding hydrogens is 405 g/mol. The Morgan fingerprint density at radius 3 is 2.50 bits per heavy atom. The van der Waals surface area contributed by atoms with E-state index in [1.54, 1.807) is 53.9 Å². The number of halogens is 2. The molecule has 0 aliphatic carbocycles. The maximum atomic E-state index is 13.3. The Morgan fingerprint density at radius 2 is 1.77 bits per heavy atom. The van der Waals surface area contributed by atoms with E-state index in [0.717, 1.165) is 5.56 Å². The van der Waals surface area contributed by atoms with Crippen LogP contribution in [0.4, 0.5) is 15.8 Å². The number of ketones is 1. The zero-order valence-corrected chi connectivity index (χ0v) is 16.7. The van der Waals surface area contributed by atoms with Crippen LogP contribution in [0.3, 0.4) is 0 Å². The van der Waals surface area contributed by atoms with Gasteiger partial charge in [0.05, 0.1) is 16.8 Å². The van der Waals surface area contributed by atoms with Gasteiger partial charge in [0.25, 0.3) is 5.91 Å². The lowest BCUT2D eigenvalue weighted by molar-refractivity contribution is 0.102. The Kier molecular flexibility index (Phi) is 5.01. The van der Waals surface area contributed by atoms with Crippen LogP contribution in [0.1, 0.15) is 32.0 Å². The summed E-state index contributed by atoms with van der Waals surface area (Å²) < 4.78 is 14.8. The number of pyridine rings is 1. The van der Waals surface area contributed by atoms with Crippen molar-refractivity contribution >= 4 is 40.2 Å². The molecule has 4 rings (SSSR count). The van der Waals surface area contributed by atoms with E-state index in [1.807, 2.05) is 0 Å². The van der Waals surface area contributed by atoms with Crippen molar-refractivity contribution in [2.24, 2.45) is 0 Å². The predicted octanol–water partition coefficient (Wildman–Crippen LogP) is 5.11. The number of nitrogens with one attached hydrogen (secondary N) is 1. The summed E-state index contributed by atoms with van der Waals surface area (Å²) in [6.45, 7) is 1.79. The molecule has 0 saturated carbocycles. The van der Waals surface area contributed by atoms with Crippen molar-refractivity contribution in [3.8, 4) is 0 Å². The van der Waals surface area contributed by atoms with Gasteiger partial charge in [0.1, 0.15) is 11.5 Å². The number of benzene rings is 2. The Hall–Kier alpha value is -3.64. The number of nitrogens with zero attached hydrogens (tertiary/aromatic N) is 1. The smallest absolute Gasteiger partial charge is 0.259 e. The first-order valence-electron chi connectivity index (χ1n) is 9.13. The Morgan fingerprint density at radius 1 is 1.03 bits per heavy atom. The Balaban J connectivity index is 1.82. The maximum absolute atomic E-state index is 13.3. The zero-order valence-electron chi connectivity index (χ0n) is 15.9. The van der Waals surface area contributed by atoms with Crippen LogP contribution >= 0.6 is 11.6 Å². The molecule has 0 aliphatic rings. The van der Waals surface area contributed by atoms with E-state index >= 15 is 0 Å². The summed E-state index contributed by atoms with van der Waals surface area (Å²) in [6.07, 6.45) is 1.66. The second-order valence-corrected chi connectivity index (χ2v) is 7.20. The molecule has 0 aliphatic heterocycles. The van der Waals surface area contributed by atoms with Gasteiger partial charge >= 0.3 is 0 Å². The van der Waals surface area contributed by atoms with Crippen LogP contribution in [0, 0.1) is 12.7 Å². The second-order valence-electron chi connectivity index (χ2n) is 6.80. The van der Waals surface area contributed by atoms with E-state index in [1.165, 1.54) is 24.3 Å². The average Bonchev–Trinajstić information content (AvgIpc) is 3.03. The number of carbonyl (C=O) groups is 2. The van der Waals surface area contributed by atoms with Crippen LogP contribution in [0.5, 0.6) is 0 Å². The fraction of sp³-hybridized carbons (Fsp3) is 0.0435. The number of carbonyl (C=O) groups excluding carboxylic acids is 2. The van der Waals surface area contributed by atoms with Crippen molar-refractivity contribution in [3.05, 3.63) is 100 Å². The molecule has 0 atom stereocenters. The summed E-state index contributed by atoms with van der Waals surface area (Å²) in [5, 5.41) is 3.35. The molecule has 4 aromatic rings. The minimum Gasteiger partial charge on any atom is -0.396 e. The highest BCUT2D eigenvalue weighted by molar-refractivity contribution is 6.32. The summed E-state index contributed by atoms with van der Waals surface area (Å²) >= 11 is 6.14. The fourth-order valence-corrected chi connectivity index (χ4v) is 3.54. The number of hydrogen-bond donors (Lipinski definition) is 2. The summed E-state index contributed by atoms with van der Waals surface area (Å²) in [6, 6.07) is 15.6. The van der Waals surface area contributed by atoms with E-state index in [4.69, 9.17) is 17.3 Å². The number of hydrogen-bond acceptors (Lipinski definition) is 3. The van der Waals surface area contributed by atoms with E-state index < -0.39 is 17.5 Å². The van der Waals surface area contributed by atoms with E-state index in [0.29, 0.717) is 16.2 Å². The first-order chi connectivity index (χ1) is 14.4. The molecule has 0 spiro atoms. The SMILES string of the molecule is Cc1c(Cl)cccc1NC(=O)c1c(N)c(C(=O)c2ccc(F)cc2)n2ccccc12. The Labute approximate surface area is 176 Å². The monoisotopic (exact) mass is 421 g/mol. The number of amides is 1. The lowest BCUT2D eigenvalue weighted by Gasteiger charge is -2.09. The van der Waals surface area contributed by atoms with E-state index in [2.05, 4.69) is 5.32 Å². The number of nitrogen functional groups attached to an aromatic ring is 1. The first-order valence-corrected chi connectivity index (χ1v) is 9.51. The summed E-state index contributed by atoms with van der Waals surface area (Å²) in [7, 11) is 0. The number of rotatable bonds is 4. The van der Waals surface area contributed by atoms with Crippen molar-refractivity contribution in [1.82, 2.24) is 4.40 Å². The van der Waals surface area contributed by atoms with Gasteiger partial charge in [-0.3, -0.25) is 9.59 Å². The molecule has 5 nitrogen and oxygen atoms in total. The fourth-order valence-electron chi connectivity index (χ4n) is 3.36. The van der Waals surface area contributed by atoms with Crippen LogP contribution in [0.25, 0.3) is 5.52 Å². The van der Waals surface area contributed by atoms with Crippen LogP contribution in [0.15, 0.2) is 66.9 Å². The van der Waals surface area contributed by atoms with Crippen LogP contribution in [-0.2, 0) is 0 Å². The minimum absolute atomic E-state index is 0.0488. The molecule has 3 N–H and O–H groups in total. The van der Waals surface area contributed by atoms with Crippen molar-refractivity contribution < 1.29 is 14.0 Å². The van der Waals surface area contributed by atoms with Crippen molar-refractivity contribution in [3.63, 3.8) is 0 Å². The predicted molar refractivity (Wildman–Crippen MR) is 116 cm³/mol. The molecule has 1 amide bonds. The molecule has 2 aromatic heterocycles. The highest BCUT2D eigenvalue weighted by Gasteiger charge is 2.26.